The quantitative estimate of drug-likeness (QED) is 0.928. The summed E-state index contributed by atoms with van der Waals surface area (Å²) in [4.78, 5) is 2.60. The molecule has 1 N–H and O–H groups in total. The first-order valence-electron chi connectivity index (χ1n) is 7.75. The van der Waals surface area contributed by atoms with Gasteiger partial charge in [0.15, 0.2) is 0 Å². The van der Waals surface area contributed by atoms with Crippen molar-refractivity contribution in [2.75, 3.05) is 19.6 Å². The second-order valence-corrected chi connectivity index (χ2v) is 6.23. The molecule has 0 aliphatic carbocycles. The Morgan fingerprint density at radius 3 is 2.67 bits per heavy atom. The van der Waals surface area contributed by atoms with Gasteiger partial charge in [0.25, 0.3) is 0 Å². The van der Waals surface area contributed by atoms with E-state index in [1.165, 1.54) is 16.7 Å². The van der Waals surface area contributed by atoms with Crippen molar-refractivity contribution in [3.05, 3.63) is 71.3 Å². The first-order valence-corrected chi connectivity index (χ1v) is 7.75. The molecule has 21 heavy (non-hydrogen) atoms. The van der Waals surface area contributed by atoms with Crippen molar-refractivity contribution < 1.29 is 0 Å². The molecule has 1 unspecified atom stereocenters. The van der Waals surface area contributed by atoms with Crippen LogP contribution in [-0.2, 0) is 12.1 Å². The highest BCUT2D eigenvalue weighted by atomic mass is 15.3. The summed E-state index contributed by atoms with van der Waals surface area (Å²) in [6.45, 7) is 8.67. The van der Waals surface area contributed by atoms with Crippen LogP contribution in [0, 0.1) is 6.92 Å². The lowest BCUT2D eigenvalue weighted by molar-refractivity contribution is 0.0650. The molecule has 110 valence electrons. The van der Waals surface area contributed by atoms with E-state index in [9.17, 15) is 0 Å². The van der Waals surface area contributed by atoms with E-state index in [4.69, 9.17) is 0 Å². The van der Waals surface area contributed by atoms with Gasteiger partial charge in [-0.05, 0) is 25.0 Å². The van der Waals surface area contributed by atoms with Crippen molar-refractivity contribution in [3.8, 4) is 0 Å². The molecule has 2 aromatic carbocycles. The summed E-state index contributed by atoms with van der Waals surface area (Å²) < 4.78 is 0. The van der Waals surface area contributed by atoms with Crippen molar-refractivity contribution in [3.63, 3.8) is 0 Å². The number of hydrogen-bond acceptors (Lipinski definition) is 2. The van der Waals surface area contributed by atoms with Crippen molar-refractivity contribution in [2.24, 2.45) is 0 Å². The van der Waals surface area contributed by atoms with Gasteiger partial charge in [0.05, 0.1) is 5.54 Å². The van der Waals surface area contributed by atoms with E-state index in [0.29, 0.717) is 0 Å². The molecule has 2 aromatic rings. The van der Waals surface area contributed by atoms with Gasteiger partial charge in [-0.3, -0.25) is 4.90 Å². The predicted molar refractivity (Wildman–Crippen MR) is 88.3 cm³/mol. The Bertz CT molecular complexity index is 594. The van der Waals surface area contributed by atoms with Crippen LogP contribution in [-0.4, -0.2) is 24.5 Å². The number of nitrogens with one attached hydrogen (secondary N) is 1. The molecular weight excluding hydrogens is 256 g/mol. The zero-order valence-corrected chi connectivity index (χ0v) is 13.0. The number of benzene rings is 2. The molecule has 0 spiro atoms. The highest BCUT2D eigenvalue weighted by Gasteiger charge is 2.35. The van der Waals surface area contributed by atoms with Crippen LogP contribution in [0.5, 0.6) is 0 Å². The maximum absolute atomic E-state index is 3.56. The predicted octanol–water partition coefficient (Wildman–Crippen LogP) is 3.32. The Morgan fingerprint density at radius 1 is 1.10 bits per heavy atom. The number of nitrogens with zero attached hydrogens (tertiary/aromatic N) is 1. The van der Waals surface area contributed by atoms with Gasteiger partial charge in [-0.2, -0.15) is 0 Å². The largest absolute Gasteiger partial charge is 0.313 e. The van der Waals surface area contributed by atoms with Crippen LogP contribution < -0.4 is 5.32 Å². The highest BCUT2D eigenvalue weighted by molar-refractivity contribution is 5.27. The second kappa shape index (κ2) is 6.00. The van der Waals surface area contributed by atoms with E-state index in [0.717, 1.165) is 26.2 Å². The lowest BCUT2D eigenvalue weighted by Gasteiger charge is -2.46. The lowest BCUT2D eigenvalue weighted by Crippen LogP contribution is -2.56. The summed E-state index contributed by atoms with van der Waals surface area (Å²) in [5, 5.41) is 3.56. The maximum Gasteiger partial charge on any atom is 0.0561 e. The minimum absolute atomic E-state index is 0.0588. The molecule has 0 saturated carbocycles. The number of piperazine rings is 1. The van der Waals surface area contributed by atoms with E-state index in [1.54, 1.807) is 0 Å². The molecule has 1 fully saturated rings. The third kappa shape index (κ3) is 3.02. The van der Waals surface area contributed by atoms with Gasteiger partial charge in [-0.1, -0.05) is 60.2 Å². The van der Waals surface area contributed by atoms with E-state index < -0.39 is 0 Å². The van der Waals surface area contributed by atoms with E-state index in [1.807, 2.05) is 0 Å². The van der Waals surface area contributed by atoms with Gasteiger partial charge in [0, 0.05) is 26.2 Å². The SMILES string of the molecule is Cc1cccc(CN2CCNCC2(C)c2ccccc2)c1. The Hall–Kier alpha value is -1.64. The molecule has 0 bridgehead atoms. The molecule has 2 heteroatoms. The molecule has 0 aromatic heterocycles. The van der Waals surface area contributed by atoms with Crippen molar-refractivity contribution in [1.29, 1.82) is 0 Å². The van der Waals surface area contributed by atoms with Crippen LogP contribution in [0.25, 0.3) is 0 Å². The number of rotatable bonds is 3. The van der Waals surface area contributed by atoms with Gasteiger partial charge in [-0.25, -0.2) is 0 Å². The van der Waals surface area contributed by atoms with E-state index >= 15 is 0 Å². The molecular formula is C19H24N2. The van der Waals surface area contributed by atoms with Crippen LogP contribution >= 0.6 is 0 Å². The topological polar surface area (TPSA) is 15.3 Å². The minimum Gasteiger partial charge on any atom is -0.313 e. The zero-order chi connectivity index (χ0) is 14.7. The minimum atomic E-state index is 0.0588. The zero-order valence-electron chi connectivity index (χ0n) is 13.0. The van der Waals surface area contributed by atoms with Gasteiger partial charge >= 0.3 is 0 Å². The Kier molecular flexibility index (Phi) is 4.09. The molecule has 2 nitrogen and oxygen atoms in total. The molecule has 0 radical (unpaired) electrons. The first kappa shape index (κ1) is 14.3. The first-order chi connectivity index (χ1) is 10.2. The molecule has 0 amide bonds. The van der Waals surface area contributed by atoms with Gasteiger partial charge in [0.2, 0.25) is 0 Å². The van der Waals surface area contributed by atoms with Crippen LogP contribution in [0.3, 0.4) is 0 Å². The van der Waals surface area contributed by atoms with Gasteiger partial charge in [-0.15, -0.1) is 0 Å². The summed E-state index contributed by atoms with van der Waals surface area (Å²) in [7, 11) is 0. The van der Waals surface area contributed by atoms with Crippen LogP contribution in [0.2, 0.25) is 0 Å². The molecule has 1 saturated heterocycles. The third-order valence-electron chi connectivity index (χ3n) is 4.58. The van der Waals surface area contributed by atoms with Crippen molar-refractivity contribution >= 4 is 0 Å². The summed E-state index contributed by atoms with van der Waals surface area (Å²) in [5.74, 6) is 0. The van der Waals surface area contributed by atoms with E-state index in [-0.39, 0.29) is 5.54 Å². The van der Waals surface area contributed by atoms with Crippen LogP contribution in [0.4, 0.5) is 0 Å². The summed E-state index contributed by atoms with van der Waals surface area (Å²) in [6, 6.07) is 19.7. The van der Waals surface area contributed by atoms with Crippen LogP contribution in [0.15, 0.2) is 54.6 Å². The maximum atomic E-state index is 3.56. The normalized spacial score (nSPS) is 23.1. The summed E-state index contributed by atoms with van der Waals surface area (Å²) in [6.07, 6.45) is 0. The third-order valence-corrected chi connectivity index (χ3v) is 4.58. The monoisotopic (exact) mass is 280 g/mol. The Balaban J connectivity index is 1.88. The Morgan fingerprint density at radius 2 is 1.90 bits per heavy atom. The fourth-order valence-corrected chi connectivity index (χ4v) is 3.27. The van der Waals surface area contributed by atoms with Gasteiger partial charge < -0.3 is 5.32 Å². The van der Waals surface area contributed by atoms with Crippen molar-refractivity contribution in [1.82, 2.24) is 10.2 Å². The Labute approximate surface area is 127 Å². The fourth-order valence-electron chi connectivity index (χ4n) is 3.27. The average Bonchev–Trinajstić information content (AvgIpc) is 2.51. The highest BCUT2D eigenvalue weighted by Crippen LogP contribution is 2.30. The summed E-state index contributed by atoms with van der Waals surface area (Å²) in [5.41, 5.74) is 4.19. The second-order valence-electron chi connectivity index (χ2n) is 6.23. The molecule has 1 aliphatic rings. The molecule has 1 heterocycles. The lowest BCUT2D eigenvalue weighted by atomic mass is 9.87. The number of aryl methyl sites for hydroxylation is 1. The number of hydrogen-bond donors (Lipinski definition) is 1. The smallest absolute Gasteiger partial charge is 0.0561 e. The standard InChI is InChI=1S/C19H24N2/c1-16-7-6-8-17(13-16)14-21-12-11-20-15-19(21,2)18-9-4-3-5-10-18/h3-10,13,20H,11-12,14-15H2,1-2H3. The van der Waals surface area contributed by atoms with Gasteiger partial charge in [0.1, 0.15) is 0 Å². The van der Waals surface area contributed by atoms with E-state index in [2.05, 4.69) is 78.7 Å². The van der Waals surface area contributed by atoms with Crippen molar-refractivity contribution in [2.45, 2.75) is 25.9 Å². The fraction of sp³-hybridized carbons (Fsp3) is 0.368. The summed E-state index contributed by atoms with van der Waals surface area (Å²) >= 11 is 0. The average molecular weight is 280 g/mol. The molecule has 3 rings (SSSR count). The molecule has 1 atom stereocenters. The van der Waals surface area contributed by atoms with Crippen LogP contribution in [0.1, 0.15) is 23.6 Å². The molecule has 1 aliphatic heterocycles.